The molecule has 2 heterocycles. The number of aromatic amines is 1. The fraction of sp³-hybridized carbons (Fsp3) is 0.389. The number of hydrogen-bond donors (Lipinski definition) is 1. The molecule has 3 heteroatoms. The van der Waals surface area contributed by atoms with E-state index < -0.39 is 0 Å². The third kappa shape index (κ3) is 2.27. The van der Waals surface area contributed by atoms with Crippen LogP contribution in [0.15, 0.2) is 30.4 Å². The lowest BCUT2D eigenvalue weighted by Gasteiger charge is -2.24. The summed E-state index contributed by atoms with van der Waals surface area (Å²) in [5.41, 5.74) is 4.12. The highest BCUT2D eigenvalue weighted by atomic mass is 16.2. The minimum atomic E-state index is 0.130. The van der Waals surface area contributed by atoms with Crippen molar-refractivity contribution in [3.8, 4) is 0 Å². The summed E-state index contributed by atoms with van der Waals surface area (Å²) in [6.45, 7) is 7.03. The molecular formula is C18H22N2O. The van der Waals surface area contributed by atoms with Crippen molar-refractivity contribution in [2.24, 2.45) is 0 Å². The molecule has 0 unspecified atom stereocenters. The summed E-state index contributed by atoms with van der Waals surface area (Å²) < 4.78 is 0. The number of para-hydroxylation sites is 1. The van der Waals surface area contributed by atoms with Crippen LogP contribution in [0, 0.1) is 13.8 Å². The molecule has 2 aromatic rings. The van der Waals surface area contributed by atoms with Gasteiger partial charge in [-0.25, -0.2) is 0 Å². The Bertz CT molecular complexity index is 711. The van der Waals surface area contributed by atoms with E-state index in [0.717, 1.165) is 41.5 Å². The average molecular weight is 282 g/mol. The fourth-order valence-corrected chi connectivity index (χ4v) is 3.17. The van der Waals surface area contributed by atoms with Crippen molar-refractivity contribution in [3.63, 3.8) is 0 Å². The first-order valence-corrected chi connectivity index (χ1v) is 7.69. The Hall–Kier alpha value is -2.03. The molecule has 110 valence electrons. The van der Waals surface area contributed by atoms with Crippen LogP contribution in [0.2, 0.25) is 0 Å². The third-order valence-electron chi connectivity index (χ3n) is 4.48. The zero-order valence-electron chi connectivity index (χ0n) is 12.9. The number of nitrogens with one attached hydrogen (secondary N) is 1. The summed E-state index contributed by atoms with van der Waals surface area (Å²) in [4.78, 5) is 18.3. The smallest absolute Gasteiger partial charge is 0.256 e. The average Bonchev–Trinajstić information content (AvgIpc) is 3.05. The molecule has 1 amide bonds. The molecular weight excluding hydrogens is 260 g/mol. The van der Waals surface area contributed by atoms with Crippen molar-refractivity contribution in [3.05, 3.63) is 47.2 Å². The molecule has 0 radical (unpaired) electrons. The second kappa shape index (κ2) is 5.40. The summed E-state index contributed by atoms with van der Waals surface area (Å²) in [6.07, 6.45) is 6.38. The van der Waals surface area contributed by atoms with Crippen molar-refractivity contribution in [2.45, 2.75) is 39.7 Å². The molecule has 1 aromatic carbocycles. The lowest BCUT2D eigenvalue weighted by molar-refractivity contribution is 0.0746. The van der Waals surface area contributed by atoms with E-state index in [-0.39, 0.29) is 11.9 Å². The molecule has 1 N–H and O–H groups in total. The normalized spacial score (nSPS) is 17.9. The van der Waals surface area contributed by atoms with Crippen molar-refractivity contribution < 1.29 is 4.79 Å². The molecule has 3 nitrogen and oxygen atoms in total. The largest absolute Gasteiger partial charge is 0.358 e. The van der Waals surface area contributed by atoms with E-state index in [2.05, 4.69) is 44.0 Å². The number of aromatic nitrogens is 1. The minimum absolute atomic E-state index is 0.130. The molecule has 0 fully saturated rings. The van der Waals surface area contributed by atoms with Gasteiger partial charge in [-0.1, -0.05) is 37.6 Å². The molecule has 1 aromatic heterocycles. The van der Waals surface area contributed by atoms with E-state index in [0.29, 0.717) is 0 Å². The van der Waals surface area contributed by atoms with E-state index in [9.17, 15) is 4.79 Å². The second-order valence-corrected chi connectivity index (χ2v) is 5.84. The van der Waals surface area contributed by atoms with Crippen LogP contribution in [0.3, 0.4) is 0 Å². The fourth-order valence-electron chi connectivity index (χ4n) is 3.17. The molecule has 1 atom stereocenters. The maximum Gasteiger partial charge on any atom is 0.256 e. The molecule has 1 aliphatic rings. The topological polar surface area (TPSA) is 36.1 Å². The van der Waals surface area contributed by atoms with Gasteiger partial charge in [-0.2, -0.15) is 0 Å². The zero-order valence-corrected chi connectivity index (χ0v) is 12.9. The summed E-state index contributed by atoms with van der Waals surface area (Å²) in [5, 5.41) is 1.15. The molecule has 1 aliphatic heterocycles. The predicted octanol–water partition coefficient (Wildman–Crippen LogP) is 3.97. The van der Waals surface area contributed by atoms with E-state index in [4.69, 9.17) is 0 Å². The first-order valence-electron chi connectivity index (χ1n) is 7.69. The number of benzene rings is 1. The van der Waals surface area contributed by atoms with Gasteiger partial charge in [-0.05, 0) is 31.9 Å². The summed E-state index contributed by atoms with van der Waals surface area (Å²) in [6, 6.07) is 6.24. The van der Waals surface area contributed by atoms with Gasteiger partial charge in [0.15, 0.2) is 0 Å². The Kier molecular flexibility index (Phi) is 3.58. The maximum absolute atomic E-state index is 12.9. The molecule has 0 saturated carbocycles. The Morgan fingerprint density at radius 1 is 1.38 bits per heavy atom. The number of rotatable bonds is 3. The van der Waals surface area contributed by atoms with Crippen molar-refractivity contribution in [1.82, 2.24) is 9.88 Å². The summed E-state index contributed by atoms with van der Waals surface area (Å²) in [7, 11) is 0. The minimum Gasteiger partial charge on any atom is -0.358 e. The van der Waals surface area contributed by atoms with Crippen LogP contribution in [0.1, 0.15) is 41.4 Å². The first-order chi connectivity index (χ1) is 10.1. The number of carbonyl (C=O) groups excluding carboxylic acids is 1. The lowest BCUT2D eigenvalue weighted by Crippen LogP contribution is -2.36. The standard InChI is InChI=1S/C18H22N2O/c1-4-7-14-8-6-11-20(14)18(21)16-10-5-9-15-12(2)13(3)19-17(15)16/h5-6,8-10,14,19H,4,7,11H2,1-3H3/t14-/m1/s1. The highest BCUT2D eigenvalue weighted by Crippen LogP contribution is 2.27. The van der Waals surface area contributed by atoms with Crippen molar-refractivity contribution in [1.29, 1.82) is 0 Å². The van der Waals surface area contributed by atoms with Crippen LogP contribution in [-0.4, -0.2) is 28.4 Å². The SMILES string of the molecule is CCC[C@@H]1C=CCN1C(=O)c1cccc2c(C)c(C)[nH]c12. The Labute approximate surface area is 125 Å². The molecule has 21 heavy (non-hydrogen) atoms. The summed E-state index contributed by atoms with van der Waals surface area (Å²) in [5.74, 6) is 0.130. The van der Waals surface area contributed by atoms with E-state index in [1.54, 1.807) is 0 Å². The second-order valence-electron chi connectivity index (χ2n) is 5.84. The third-order valence-corrected chi connectivity index (χ3v) is 4.48. The first kappa shape index (κ1) is 13.9. The summed E-state index contributed by atoms with van der Waals surface area (Å²) >= 11 is 0. The van der Waals surface area contributed by atoms with Crippen LogP contribution < -0.4 is 0 Å². The van der Waals surface area contributed by atoms with Gasteiger partial charge in [0.25, 0.3) is 5.91 Å². The molecule has 0 spiro atoms. The van der Waals surface area contributed by atoms with Gasteiger partial charge in [0.2, 0.25) is 0 Å². The van der Waals surface area contributed by atoms with Crippen molar-refractivity contribution >= 4 is 16.8 Å². The monoisotopic (exact) mass is 282 g/mol. The number of nitrogens with zero attached hydrogens (tertiary/aromatic N) is 1. The number of hydrogen-bond acceptors (Lipinski definition) is 1. The predicted molar refractivity (Wildman–Crippen MR) is 86.6 cm³/mol. The van der Waals surface area contributed by atoms with Crippen molar-refractivity contribution in [2.75, 3.05) is 6.54 Å². The Balaban J connectivity index is 2.00. The van der Waals surface area contributed by atoms with Gasteiger partial charge in [0, 0.05) is 17.6 Å². The van der Waals surface area contributed by atoms with Crippen LogP contribution in [0.4, 0.5) is 0 Å². The van der Waals surface area contributed by atoms with E-state index in [1.807, 2.05) is 17.0 Å². The van der Waals surface area contributed by atoms with Crippen LogP contribution in [0.25, 0.3) is 10.9 Å². The van der Waals surface area contributed by atoms with E-state index >= 15 is 0 Å². The lowest BCUT2D eigenvalue weighted by atomic mass is 10.1. The van der Waals surface area contributed by atoms with E-state index in [1.165, 1.54) is 5.56 Å². The number of H-pyrrole nitrogens is 1. The molecule has 0 saturated heterocycles. The molecule has 0 bridgehead atoms. The van der Waals surface area contributed by atoms with Gasteiger partial charge in [-0.15, -0.1) is 0 Å². The van der Waals surface area contributed by atoms with Gasteiger partial charge < -0.3 is 9.88 Å². The quantitative estimate of drug-likeness (QED) is 0.850. The highest BCUT2D eigenvalue weighted by Gasteiger charge is 2.26. The molecule has 0 aliphatic carbocycles. The zero-order chi connectivity index (χ0) is 15.0. The van der Waals surface area contributed by atoms with Gasteiger partial charge in [0.05, 0.1) is 17.1 Å². The number of amides is 1. The molecule has 3 rings (SSSR count). The van der Waals surface area contributed by atoms with Crippen LogP contribution in [0.5, 0.6) is 0 Å². The maximum atomic E-state index is 12.9. The number of fused-ring (bicyclic) bond motifs is 1. The van der Waals surface area contributed by atoms with Gasteiger partial charge in [0.1, 0.15) is 0 Å². The Morgan fingerprint density at radius 2 is 2.19 bits per heavy atom. The highest BCUT2D eigenvalue weighted by molar-refractivity contribution is 6.07. The van der Waals surface area contributed by atoms with Gasteiger partial charge >= 0.3 is 0 Å². The number of aryl methyl sites for hydroxylation is 2. The Morgan fingerprint density at radius 3 is 2.95 bits per heavy atom. The number of carbonyl (C=O) groups is 1. The van der Waals surface area contributed by atoms with Crippen LogP contribution in [-0.2, 0) is 0 Å². The van der Waals surface area contributed by atoms with Gasteiger partial charge in [-0.3, -0.25) is 4.79 Å². The van der Waals surface area contributed by atoms with Crippen LogP contribution >= 0.6 is 0 Å².